The topological polar surface area (TPSA) is 27.7 Å². The van der Waals surface area contributed by atoms with Gasteiger partial charge >= 0.3 is 0 Å². The lowest BCUT2D eigenvalue weighted by molar-refractivity contribution is -0.661. The number of rotatable bonds is 3. The smallest absolute Gasteiger partial charge is 0.206 e. The average Bonchev–Trinajstić information content (AvgIpc) is 3.20. The molecule has 0 bridgehead atoms. The first-order valence-corrected chi connectivity index (χ1v) is 14.5. The number of nitriles is 1. The molecular weight excluding hydrogens is 515 g/mol. The van der Waals surface area contributed by atoms with E-state index >= 15 is 4.39 Å². The van der Waals surface area contributed by atoms with Crippen molar-refractivity contribution in [2.75, 3.05) is 0 Å². The Hall–Kier alpha value is -4.55. The Bertz CT molecular complexity index is 1900. The maximum atomic E-state index is 15.6. The van der Waals surface area contributed by atoms with Gasteiger partial charge in [-0.25, -0.2) is 8.96 Å². The second-order valence-electron chi connectivity index (χ2n) is 13.1. The third-order valence-electron chi connectivity index (χ3n) is 8.85. The Labute approximate surface area is 248 Å². The summed E-state index contributed by atoms with van der Waals surface area (Å²) in [5.41, 5.74) is 12.5. The lowest BCUT2D eigenvalue weighted by Gasteiger charge is -2.27. The van der Waals surface area contributed by atoms with Crippen LogP contribution in [-0.4, -0.2) is 0 Å². The van der Waals surface area contributed by atoms with Crippen molar-refractivity contribution >= 4 is 0 Å². The molecule has 0 N–H and O–H groups in total. The van der Waals surface area contributed by atoms with Crippen molar-refractivity contribution in [3.05, 3.63) is 125 Å². The van der Waals surface area contributed by atoms with E-state index in [1.54, 1.807) is 6.07 Å². The fourth-order valence-corrected chi connectivity index (χ4v) is 6.79. The van der Waals surface area contributed by atoms with Crippen LogP contribution in [0.3, 0.4) is 0 Å². The van der Waals surface area contributed by atoms with Crippen LogP contribution < -0.4 is 4.57 Å². The Morgan fingerprint density at radius 3 is 1.95 bits per heavy atom. The van der Waals surface area contributed by atoms with Gasteiger partial charge in [0.25, 0.3) is 0 Å². The molecule has 1 aliphatic carbocycles. The van der Waals surface area contributed by atoms with Crippen molar-refractivity contribution in [3.8, 4) is 50.7 Å². The fourth-order valence-electron chi connectivity index (χ4n) is 6.79. The molecule has 6 rings (SSSR count). The van der Waals surface area contributed by atoms with E-state index in [2.05, 4.69) is 86.0 Å². The second-order valence-corrected chi connectivity index (χ2v) is 13.1. The molecule has 1 aromatic heterocycles. The molecule has 5 aromatic rings. The number of hydrogen-bond donors (Lipinski definition) is 0. The largest absolute Gasteiger partial charge is 0.215 e. The predicted octanol–water partition coefficient (Wildman–Crippen LogP) is 9.44. The number of benzene rings is 4. The normalized spacial score (nSPS) is 13.4. The van der Waals surface area contributed by atoms with Crippen LogP contribution in [0.15, 0.2) is 91.1 Å². The van der Waals surface area contributed by atoms with Gasteiger partial charge in [-0.3, -0.25) is 0 Å². The number of fused-ring (bicyclic) bond motifs is 3. The van der Waals surface area contributed by atoms with E-state index in [0.29, 0.717) is 11.1 Å². The van der Waals surface area contributed by atoms with Crippen molar-refractivity contribution in [2.45, 2.75) is 52.4 Å². The molecule has 0 atom stereocenters. The average molecular weight is 552 g/mol. The third kappa shape index (κ3) is 4.25. The molecule has 208 valence electrons. The first-order valence-electron chi connectivity index (χ1n) is 14.5. The minimum Gasteiger partial charge on any atom is -0.206 e. The van der Waals surface area contributed by atoms with Gasteiger partial charge in [0.05, 0.1) is 22.8 Å². The van der Waals surface area contributed by atoms with Gasteiger partial charge in [0.2, 0.25) is 5.69 Å². The Kier molecular flexibility index (Phi) is 6.43. The van der Waals surface area contributed by atoms with E-state index < -0.39 is 5.41 Å². The van der Waals surface area contributed by atoms with Gasteiger partial charge < -0.3 is 0 Å². The molecule has 0 aliphatic heterocycles. The minimum absolute atomic E-state index is 0.188. The number of aromatic nitrogens is 1. The molecule has 0 spiro atoms. The summed E-state index contributed by atoms with van der Waals surface area (Å²) in [7, 11) is 2.01. The SMILES string of the molecule is Cc1ccc2c(c1-c1cc(F)c(C(C)(C)C)c[n+]1C)C(C)(C)c1c-2ccc(C#N)c1-c1ccc(-c2ccccc2)cc1. The van der Waals surface area contributed by atoms with E-state index in [1.807, 2.05) is 58.3 Å². The summed E-state index contributed by atoms with van der Waals surface area (Å²) in [4.78, 5) is 0. The Morgan fingerprint density at radius 2 is 1.33 bits per heavy atom. The molecule has 1 aliphatic rings. The highest BCUT2D eigenvalue weighted by Gasteiger charge is 2.42. The molecule has 3 heteroatoms. The maximum absolute atomic E-state index is 15.6. The highest BCUT2D eigenvalue weighted by molar-refractivity contribution is 5.94. The van der Waals surface area contributed by atoms with Crippen LogP contribution in [0.25, 0.3) is 44.6 Å². The van der Waals surface area contributed by atoms with E-state index in [-0.39, 0.29) is 11.2 Å². The van der Waals surface area contributed by atoms with Crippen LogP contribution >= 0.6 is 0 Å². The molecule has 1 heterocycles. The molecular formula is C39H36FN2+. The van der Waals surface area contributed by atoms with Crippen LogP contribution in [0, 0.1) is 24.1 Å². The van der Waals surface area contributed by atoms with Crippen molar-refractivity contribution in [1.29, 1.82) is 5.26 Å². The number of hydrogen-bond acceptors (Lipinski definition) is 1. The second kappa shape index (κ2) is 9.78. The molecule has 0 saturated heterocycles. The summed E-state index contributed by atoms with van der Waals surface area (Å²) in [5.74, 6) is -0.188. The molecule has 0 radical (unpaired) electrons. The van der Waals surface area contributed by atoms with Gasteiger partial charge in [0.15, 0.2) is 6.20 Å². The lowest BCUT2D eigenvalue weighted by Crippen LogP contribution is -2.35. The van der Waals surface area contributed by atoms with Crippen LogP contribution in [0.2, 0.25) is 0 Å². The highest BCUT2D eigenvalue weighted by atomic mass is 19.1. The first kappa shape index (κ1) is 27.6. The molecule has 0 unspecified atom stereocenters. The predicted molar refractivity (Wildman–Crippen MR) is 170 cm³/mol. The molecule has 0 fully saturated rings. The molecule has 4 aromatic carbocycles. The van der Waals surface area contributed by atoms with Gasteiger partial charge in [-0.15, -0.1) is 0 Å². The summed E-state index contributed by atoms with van der Waals surface area (Å²) in [6.07, 6.45) is 1.94. The number of nitrogens with zero attached hydrogens (tertiary/aromatic N) is 2. The highest BCUT2D eigenvalue weighted by Crippen LogP contribution is 2.56. The van der Waals surface area contributed by atoms with Crippen molar-refractivity contribution < 1.29 is 8.96 Å². The summed E-state index contributed by atoms with van der Waals surface area (Å²) >= 11 is 0. The Balaban J connectivity index is 1.57. The van der Waals surface area contributed by atoms with E-state index in [9.17, 15) is 5.26 Å². The standard InChI is InChI=1S/C39H36FN2/c1-24-13-19-29-30-20-18-28(22-41)35(27-16-14-26(15-17-27)25-11-9-8-10-12-25)37(30)39(5,6)36(29)34(24)33-21-32(40)31(23-42(33)7)38(2,3)4/h8-21,23H,1-7H3/q+1. The van der Waals surface area contributed by atoms with Crippen molar-refractivity contribution in [2.24, 2.45) is 7.05 Å². The monoisotopic (exact) mass is 551 g/mol. The van der Waals surface area contributed by atoms with Gasteiger partial charge in [-0.05, 0) is 62.9 Å². The number of halogens is 1. The van der Waals surface area contributed by atoms with Gasteiger partial charge in [0.1, 0.15) is 12.9 Å². The van der Waals surface area contributed by atoms with Crippen LogP contribution in [-0.2, 0) is 17.9 Å². The van der Waals surface area contributed by atoms with Crippen LogP contribution in [0.5, 0.6) is 0 Å². The number of aryl methyl sites for hydroxylation is 2. The van der Waals surface area contributed by atoms with Crippen molar-refractivity contribution in [3.63, 3.8) is 0 Å². The van der Waals surface area contributed by atoms with Gasteiger partial charge in [-0.1, -0.05) is 107 Å². The van der Waals surface area contributed by atoms with Crippen molar-refractivity contribution in [1.82, 2.24) is 0 Å². The Morgan fingerprint density at radius 1 is 0.762 bits per heavy atom. The van der Waals surface area contributed by atoms with Gasteiger partial charge in [0, 0.05) is 17.0 Å². The zero-order chi connectivity index (χ0) is 30.0. The molecule has 0 amide bonds. The van der Waals surface area contributed by atoms with Crippen LogP contribution in [0.4, 0.5) is 4.39 Å². The quantitative estimate of drug-likeness (QED) is 0.205. The third-order valence-corrected chi connectivity index (χ3v) is 8.85. The fraction of sp³-hybridized carbons (Fsp3) is 0.231. The van der Waals surface area contributed by atoms with E-state index in [4.69, 9.17) is 0 Å². The van der Waals surface area contributed by atoms with E-state index in [0.717, 1.165) is 55.8 Å². The number of pyridine rings is 1. The van der Waals surface area contributed by atoms with Crippen LogP contribution in [0.1, 0.15) is 62.4 Å². The molecule has 42 heavy (non-hydrogen) atoms. The summed E-state index contributed by atoms with van der Waals surface area (Å²) in [6, 6.07) is 31.4. The first-order chi connectivity index (χ1) is 19.9. The summed E-state index contributed by atoms with van der Waals surface area (Å²) in [6.45, 7) is 12.7. The van der Waals surface area contributed by atoms with E-state index in [1.165, 1.54) is 5.56 Å². The molecule has 2 nitrogen and oxygen atoms in total. The maximum Gasteiger partial charge on any atom is 0.215 e. The summed E-state index contributed by atoms with van der Waals surface area (Å²) in [5, 5.41) is 10.3. The molecule has 0 saturated carbocycles. The summed E-state index contributed by atoms with van der Waals surface area (Å²) < 4.78 is 17.7. The van der Waals surface area contributed by atoms with Gasteiger partial charge in [-0.2, -0.15) is 5.26 Å². The lowest BCUT2D eigenvalue weighted by atomic mass is 9.75. The minimum atomic E-state index is -0.432. The zero-order valence-electron chi connectivity index (χ0n) is 25.4. The zero-order valence-corrected chi connectivity index (χ0v) is 25.4.